The molecule has 7 heteroatoms. The van der Waals surface area contributed by atoms with Gasteiger partial charge in [-0.25, -0.2) is 0 Å². The van der Waals surface area contributed by atoms with Crippen LogP contribution in [0.1, 0.15) is 13.8 Å². The summed E-state index contributed by atoms with van der Waals surface area (Å²) < 4.78 is 21.9. The molecule has 0 saturated carbocycles. The topological polar surface area (TPSA) is 43.2 Å². The van der Waals surface area contributed by atoms with Crippen molar-refractivity contribution < 1.29 is 19.1 Å². The van der Waals surface area contributed by atoms with E-state index in [1.165, 1.54) is 13.8 Å². The highest BCUT2D eigenvalue weighted by Gasteiger charge is 1.97. The zero-order valence-electron chi connectivity index (χ0n) is 6.04. The summed E-state index contributed by atoms with van der Waals surface area (Å²) in [7, 11) is 0. The molecule has 0 unspecified atom stereocenters. The van der Waals surface area contributed by atoms with Gasteiger partial charge in [0.05, 0.1) is 0 Å². The third-order valence-electron chi connectivity index (χ3n) is 0.866. The molecular formula is C4H6BF2N2O2. The van der Waals surface area contributed by atoms with Gasteiger partial charge in [-0.2, -0.15) is 10.1 Å². The van der Waals surface area contributed by atoms with E-state index in [2.05, 4.69) is 20.4 Å². The first-order valence-corrected chi connectivity index (χ1v) is 2.37. The van der Waals surface area contributed by atoms with Crippen molar-refractivity contribution in [2.24, 2.45) is 10.3 Å². The zero-order chi connectivity index (χ0) is 7.98. The first-order chi connectivity index (χ1) is 4.72. The molecular weight excluding hydrogens is 157 g/mol. The summed E-state index contributed by atoms with van der Waals surface area (Å²) in [5, 5.41) is 11.4. The quantitative estimate of drug-likeness (QED) is 0.355. The van der Waals surface area contributed by atoms with E-state index in [-0.39, 0.29) is 19.8 Å². The molecule has 0 amide bonds. The summed E-state index contributed by atoms with van der Waals surface area (Å²) in [5.74, 6) is 0. The van der Waals surface area contributed by atoms with Gasteiger partial charge in [0.25, 0.3) is 0 Å². The van der Waals surface area contributed by atoms with Crippen LogP contribution >= 0.6 is 0 Å². The van der Waals surface area contributed by atoms with Crippen molar-refractivity contribution in [3.63, 3.8) is 0 Å². The summed E-state index contributed by atoms with van der Waals surface area (Å²) in [6.07, 6.45) is 0. The summed E-state index contributed by atoms with van der Waals surface area (Å²) >= 11 is 0. The Morgan fingerprint density at radius 3 is 1.45 bits per heavy atom. The number of rotatable bonds is 3. The fourth-order valence-electron chi connectivity index (χ4n) is 0.236. The van der Waals surface area contributed by atoms with Crippen LogP contribution in [0.5, 0.6) is 0 Å². The van der Waals surface area contributed by atoms with Crippen LogP contribution in [0.4, 0.5) is 9.05 Å². The van der Waals surface area contributed by atoms with Gasteiger partial charge in [-0.3, -0.25) is 0 Å². The first kappa shape index (κ1) is 12.5. The van der Waals surface area contributed by atoms with E-state index in [4.69, 9.17) is 0 Å². The Balaban J connectivity index is 0. The van der Waals surface area contributed by atoms with Crippen LogP contribution < -0.4 is 0 Å². The molecule has 0 N–H and O–H groups in total. The third kappa shape index (κ3) is 5.32. The SMILES string of the molecule is CC(=NOF)C(C)=NOF.[B]. The molecule has 0 bridgehead atoms. The predicted octanol–water partition coefficient (Wildman–Crippen LogP) is 1.16. The molecule has 3 radical (unpaired) electrons. The largest absolute Gasteiger partial charge is 0.174 e. The van der Waals surface area contributed by atoms with Gasteiger partial charge in [0.1, 0.15) is 11.4 Å². The number of oxime groups is 2. The van der Waals surface area contributed by atoms with E-state index < -0.39 is 0 Å². The van der Waals surface area contributed by atoms with Gasteiger partial charge in [0, 0.05) is 17.5 Å². The third-order valence-corrected chi connectivity index (χ3v) is 0.866. The fraction of sp³-hybridized carbons (Fsp3) is 0.500. The van der Waals surface area contributed by atoms with E-state index in [0.717, 1.165) is 0 Å². The smallest absolute Gasteiger partial charge is 0.106 e. The van der Waals surface area contributed by atoms with E-state index in [1.807, 2.05) is 0 Å². The Kier molecular flexibility index (Phi) is 7.95. The standard InChI is InChI=1S/C4H6F2N2O2.B/c1-3(7-9-5)4(2)8-10-6;/h1-2H3;. The lowest BCUT2D eigenvalue weighted by Gasteiger charge is -1.90. The molecule has 0 aromatic carbocycles. The normalized spacial score (nSPS) is 12.0. The number of nitrogens with zero attached hydrogens (tertiary/aromatic N) is 2. The second-order valence-electron chi connectivity index (χ2n) is 1.49. The molecule has 0 atom stereocenters. The molecule has 0 aromatic heterocycles. The summed E-state index contributed by atoms with van der Waals surface area (Å²) in [5.41, 5.74) is 0.195. The van der Waals surface area contributed by atoms with Crippen LogP contribution in [0, 0.1) is 0 Å². The van der Waals surface area contributed by atoms with Crippen LogP contribution in [-0.2, 0) is 10.1 Å². The highest BCUT2D eigenvalue weighted by atomic mass is 19.3. The van der Waals surface area contributed by atoms with E-state index in [0.29, 0.717) is 0 Å². The van der Waals surface area contributed by atoms with Crippen molar-refractivity contribution in [3.05, 3.63) is 0 Å². The van der Waals surface area contributed by atoms with Gasteiger partial charge in [-0.15, -0.1) is 0 Å². The zero-order valence-corrected chi connectivity index (χ0v) is 6.04. The number of hydrogen-bond acceptors (Lipinski definition) is 4. The Bertz CT molecular complexity index is 144. The van der Waals surface area contributed by atoms with E-state index >= 15 is 0 Å². The molecule has 0 spiro atoms. The monoisotopic (exact) mass is 163 g/mol. The molecule has 0 aliphatic heterocycles. The van der Waals surface area contributed by atoms with Gasteiger partial charge >= 0.3 is 0 Å². The molecule has 0 saturated heterocycles. The van der Waals surface area contributed by atoms with Gasteiger partial charge in [0.2, 0.25) is 0 Å². The van der Waals surface area contributed by atoms with Crippen LogP contribution in [0.2, 0.25) is 0 Å². The minimum absolute atomic E-state index is 0. The van der Waals surface area contributed by atoms with Crippen molar-refractivity contribution in [1.29, 1.82) is 0 Å². The van der Waals surface area contributed by atoms with E-state index in [9.17, 15) is 9.05 Å². The molecule has 0 aliphatic rings. The molecule has 0 aromatic rings. The molecule has 4 nitrogen and oxygen atoms in total. The fourth-order valence-corrected chi connectivity index (χ4v) is 0.236. The lowest BCUT2D eigenvalue weighted by molar-refractivity contribution is -0.132. The Hall–Kier alpha value is -1.14. The van der Waals surface area contributed by atoms with Crippen LogP contribution in [0.25, 0.3) is 0 Å². The van der Waals surface area contributed by atoms with Crippen molar-refractivity contribution in [3.8, 4) is 0 Å². The average molecular weight is 163 g/mol. The Morgan fingerprint density at radius 2 is 1.27 bits per heavy atom. The molecule has 0 aliphatic carbocycles. The lowest BCUT2D eigenvalue weighted by Crippen LogP contribution is -2.05. The summed E-state index contributed by atoms with van der Waals surface area (Å²) in [6.45, 7) is 2.77. The number of hydrogen-bond donors (Lipinski definition) is 0. The maximum Gasteiger partial charge on any atom is 0.106 e. The van der Waals surface area contributed by atoms with Crippen molar-refractivity contribution in [2.75, 3.05) is 0 Å². The van der Waals surface area contributed by atoms with Gasteiger partial charge in [0.15, 0.2) is 0 Å². The highest BCUT2D eigenvalue weighted by Crippen LogP contribution is 1.87. The maximum absolute atomic E-state index is 11.0. The lowest BCUT2D eigenvalue weighted by atomic mass is 10.3. The predicted molar refractivity (Wildman–Crippen MR) is 36.4 cm³/mol. The highest BCUT2D eigenvalue weighted by molar-refractivity contribution is 6.40. The maximum atomic E-state index is 11.0. The van der Waals surface area contributed by atoms with E-state index in [1.54, 1.807) is 0 Å². The summed E-state index contributed by atoms with van der Waals surface area (Å²) in [6, 6.07) is 0. The van der Waals surface area contributed by atoms with Crippen LogP contribution in [0.15, 0.2) is 10.3 Å². The second-order valence-corrected chi connectivity index (χ2v) is 1.49. The van der Waals surface area contributed by atoms with Gasteiger partial charge in [-0.1, -0.05) is 0 Å². The summed E-state index contributed by atoms with van der Waals surface area (Å²) in [4.78, 5) is 0. The minimum Gasteiger partial charge on any atom is -0.174 e. The van der Waals surface area contributed by atoms with Crippen LogP contribution in [0.3, 0.4) is 0 Å². The van der Waals surface area contributed by atoms with Gasteiger partial charge < -0.3 is 0 Å². The van der Waals surface area contributed by atoms with Crippen LogP contribution in [-0.4, -0.2) is 19.8 Å². The molecule has 0 rings (SSSR count). The molecule has 0 heterocycles. The van der Waals surface area contributed by atoms with Gasteiger partial charge in [-0.05, 0) is 24.2 Å². The van der Waals surface area contributed by atoms with Crippen molar-refractivity contribution >= 4 is 19.8 Å². The van der Waals surface area contributed by atoms with Crippen molar-refractivity contribution in [2.45, 2.75) is 13.8 Å². The minimum atomic E-state index is 0. The number of halogens is 2. The molecule has 11 heavy (non-hydrogen) atoms. The second kappa shape index (κ2) is 6.98. The average Bonchev–Trinajstić information content (AvgIpc) is 1.89. The van der Waals surface area contributed by atoms with Crippen molar-refractivity contribution in [1.82, 2.24) is 0 Å². The molecule has 0 fully saturated rings. The first-order valence-electron chi connectivity index (χ1n) is 2.37. The molecule has 61 valence electrons. The Labute approximate surface area is 64.2 Å². The Morgan fingerprint density at radius 1 is 1.00 bits per heavy atom.